The van der Waals surface area contributed by atoms with E-state index in [0.717, 1.165) is 17.0 Å². The van der Waals surface area contributed by atoms with Crippen LogP contribution in [-0.4, -0.2) is 19.7 Å². The number of fused-ring (bicyclic) bond motifs is 1. The number of hydrogen-bond acceptors (Lipinski definition) is 3. The molecule has 0 atom stereocenters. The molecule has 0 bridgehead atoms. The molecule has 4 aromatic rings. The second-order valence-corrected chi connectivity index (χ2v) is 6.21. The van der Waals surface area contributed by atoms with Gasteiger partial charge in [0.15, 0.2) is 11.0 Å². The van der Waals surface area contributed by atoms with Crippen molar-refractivity contribution in [3.05, 3.63) is 70.5 Å². The fraction of sp³-hybridized carbons (Fsp3) is 0.0556. The van der Waals surface area contributed by atoms with Gasteiger partial charge < -0.3 is 0 Å². The van der Waals surface area contributed by atoms with Crippen LogP contribution in [0, 0.1) is 6.92 Å². The lowest BCUT2D eigenvalue weighted by Crippen LogP contribution is -2.05. The average Bonchev–Trinajstić information content (AvgIpc) is 2.96. The van der Waals surface area contributed by atoms with Crippen LogP contribution in [0.25, 0.3) is 28.1 Å². The SMILES string of the molecule is Cc1cc(-c2ccccc2)n(-c2nc3ccc(Cl)cc3nc2Cl)n1. The van der Waals surface area contributed by atoms with Gasteiger partial charge >= 0.3 is 0 Å². The molecule has 4 nitrogen and oxygen atoms in total. The smallest absolute Gasteiger partial charge is 0.192 e. The molecule has 0 saturated heterocycles. The molecule has 0 aliphatic rings. The van der Waals surface area contributed by atoms with E-state index in [1.165, 1.54) is 0 Å². The van der Waals surface area contributed by atoms with Crippen molar-refractivity contribution in [2.24, 2.45) is 0 Å². The van der Waals surface area contributed by atoms with E-state index in [2.05, 4.69) is 15.1 Å². The molecule has 0 amide bonds. The molecule has 0 aliphatic heterocycles. The predicted molar refractivity (Wildman–Crippen MR) is 96.9 cm³/mol. The fourth-order valence-corrected chi connectivity index (χ4v) is 2.99. The summed E-state index contributed by atoms with van der Waals surface area (Å²) in [5.41, 5.74) is 4.19. The third-order valence-corrected chi connectivity index (χ3v) is 4.16. The van der Waals surface area contributed by atoms with Crippen LogP contribution in [0.1, 0.15) is 5.69 Å². The van der Waals surface area contributed by atoms with Crippen LogP contribution in [0.4, 0.5) is 0 Å². The van der Waals surface area contributed by atoms with Crippen molar-refractivity contribution in [1.82, 2.24) is 19.7 Å². The van der Waals surface area contributed by atoms with E-state index in [1.807, 2.05) is 49.4 Å². The highest BCUT2D eigenvalue weighted by atomic mass is 35.5. The first kappa shape index (κ1) is 15.1. The standard InChI is InChI=1S/C18H12Cl2N4/c1-11-9-16(12-5-3-2-4-6-12)24(23-11)18-17(20)21-15-10-13(19)7-8-14(15)22-18/h2-10H,1H3. The molecule has 0 spiro atoms. The van der Waals surface area contributed by atoms with Crippen LogP contribution >= 0.6 is 23.2 Å². The quantitative estimate of drug-likeness (QED) is 0.503. The van der Waals surface area contributed by atoms with Gasteiger partial charge in [-0.15, -0.1) is 0 Å². The van der Waals surface area contributed by atoms with E-state index in [0.29, 0.717) is 21.9 Å². The molecule has 0 aliphatic carbocycles. The van der Waals surface area contributed by atoms with Crippen LogP contribution in [0.5, 0.6) is 0 Å². The minimum atomic E-state index is 0.282. The highest BCUT2D eigenvalue weighted by Crippen LogP contribution is 2.28. The molecule has 6 heteroatoms. The Hall–Kier alpha value is -2.43. The zero-order valence-electron chi connectivity index (χ0n) is 12.7. The molecular formula is C18H12Cl2N4. The Kier molecular flexibility index (Phi) is 3.71. The van der Waals surface area contributed by atoms with Gasteiger partial charge in [0.05, 0.1) is 22.4 Å². The van der Waals surface area contributed by atoms with E-state index < -0.39 is 0 Å². The van der Waals surface area contributed by atoms with Gasteiger partial charge in [0.25, 0.3) is 0 Å². The van der Waals surface area contributed by atoms with E-state index in [1.54, 1.807) is 16.8 Å². The summed E-state index contributed by atoms with van der Waals surface area (Å²) in [6.07, 6.45) is 0. The summed E-state index contributed by atoms with van der Waals surface area (Å²) in [6, 6.07) is 17.3. The van der Waals surface area contributed by atoms with Crippen molar-refractivity contribution in [3.63, 3.8) is 0 Å². The zero-order valence-corrected chi connectivity index (χ0v) is 14.3. The lowest BCUT2D eigenvalue weighted by Gasteiger charge is -2.09. The van der Waals surface area contributed by atoms with Gasteiger partial charge in [-0.3, -0.25) is 0 Å². The number of nitrogens with zero attached hydrogens (tertiary/aromatic N) is 4. The van der Waals surface area contributed by atoms with E-state index >= 15 is 0 Å². The maximum atomic E-state index is 6.38. The van der Waals surface area contributed by atoms with Crippen molar-refractivity contribution < 1.29 is 0 Å². The van der Waals surface area contributed by atoms with Gasteiger partial charge in [0.2, 0.25) is 0 Å². The summed E-state index contributed by atoms with van der Waals surface area (Å²) >= 11 is 12.4. The largest absolute Gasteiger partial charge is 0.230 e. The summed E-state index contributed by atoms with van der Waals surface area (Å²) in [5.74, 6) is 0.499. The molecule has 2 aromatic carbocycles. The van der Waals surface area contributed by atoms with Gasteiger partial charge in [0, 0.05) is 10.6 Å². The predicted octanol–water partition coefficient (Wildman–Crippen LogP) is 5.10. The Balaban J connectivity index is 1.95. The minimum Gasteiger partial charge on any atom is -0.230 e. The van der Waals surface area contributed by atoms with Crippen molar-refractivity contribution in [1.29, 1.82) is 0 Å². The Morgan fingerprint density at radius 2 is 1.67 bits per heavy atom. The third kappa shape index (κ3) is 2.64. The van der Waals surface area contributed by atoms with Gasteiger partial charge in [-0.05, 0) is 31.2 Å². The first-order valence-electron chi connectivity index (χ1n) is 7.37. The number of rotatable bonds is 2. The average molecular weight is 355 g/mol. The molecule has 24 heavy (non-hydrogen) atoms. The van der Waals surface area contributed by atoms with Crippen molar-refractivity contribution >= 4 is 34.2 Å². The third-order valence-electron chi connectivity index (χ3n) is 3.67. The number of aryl methyl sites for hydroxylation is 1. The van der Waals surface area contributed by atoms with Gasteiger partial charge in [-0.1, -0.05) is 53.5 Å². The van der Waals surface area contributed by atoms with E-state index in [-0.39, 0.29) is 5.15 Å². The van der Waals surface area contributed by atoms with Crippen LogP contribution in [0.2, 0.25) is 10.2 Å². The summed E-state index contributed by atoms with van der Waals surface area (Å²) in [6.45, 7) is 1.94. The number of benzene rings is 2. The molecule has 118 valence electrons. The Morgan fingerprint density at radius 1 is 0.875 bits per heavy atom. The molecule has 0 fully saturated rings. The second kappa shape index (κ2) is 5.89. The summed E-state index contributed by atoms with van der Waals surface area (Å²) in [5, 5.41) is 5.43. The van der Waals surface area contributed by atoms with Crippen LogP contribution in [0.3, 0.4) is 0 Å². The minimum absolute atomic E-state index is 0.282. The summed E-state index contributed by atoms with van der Waals surface area (Å²) in [4.78, 5) is 9.05. The molecule has 2 heterocycles. The topological polar surface area (TPSA) is 43.6 Å². The number of halogens is 2. The Bertz CT molecular complexity index is 1040. The molecule has 0 saturated carbocycles. The van der Waals surface area contributed by atoms with Crippen molar-refractivity contribution in [3.8, 4) is 17.1 Å². The second-order valence-electron chi connectivity index (χ2n) is 5.42. The maximum absolute atomic E-state index is 6.38. The molecular weight excluding hydrogens is 343 g/mol. The molecule has 2 aromatic heterocycles. The highest BCUT2D eigenvalue weighted by Gasteiger charge is 2.15. The highest BCUT2D eigenvalue weighted by molar-refractivity contribution is 6.32. The van der Waals surface area contributed by atoms with Crippen molar-refractivity contribution in [2.45, 2.75) is 6.92 Å². The fourth-order valence-electron chi connectivity index (χ4n) is 2.61. The summed E-state index contributed by atoms with van der Waals surface area (Å²) < 4.78 is 1.73. The van der Waals surface area contributed by atoms with Crippen LogP contribution in [-0.2, 0) is 0 Å². The molecule has 0 unspecified atom stereocenters. The van der Waals surface area contributed by atoms with E-state index in [9.17, 15) is 0 Å². The normalized spacial score (nSPS) is 11.1. The van der Waals surface area contributed by atoms with Crippen LogP contribution in [0.15, 0.2) is 54.6 Å². The lowest BCUT2D eigenvalue weighted by molar-refractivity contribution is 0.838. The van der Waals surface area contributed by atoms with Crippen molar-refractivity contribution in [2.75, 3.05) is 0 Å². The Labute approximate surface area is 148 Å². The monoisotopic (exact) mass is 354 g/mol. The first-order valence-corrected chi connectivity index (χ1v) is 8.13. The van der Waals surface area contributed by atoms with Gasteiger partial charge in [-0.25, -0.2) is 14.6 Å². The molecule has 0 N–H and O–H groups in total. The molecule has 0 radical (unpaired) electrons. The van der Waals surface area contributed by atoms with E-state index in [4.69, 9.17) is 23.2 Å². The van der Waals surface area contributed by atoms with Gasteiger partial charge in [-0.2, -0.15) is 5.10 Å². The van der Waals surface area contributed by atoms with Crippen LogP contribution < -0.4 is 0 Å². The zero-order chi connectivity index (χ0) is 16.7. The summed E-state index contributed by atoms with van der Waals surface area (Å²) in [7, 11) is 0. The lowest BCUT2D eigenvalue weighted by atomic mass is 10.1. The van der Waals surface area contributed by atoms with Gasteiger partial charge in [0.1, 0.15) is 0 Å². The maximum Gasteiger partial charge on any atom is 0.192 e. The first-order chi connectivity index (χ1) is 11.6. The number of aromatic nitrogens is 4. The Morgan fingerprint density at radius 3 is 2.46 bits per heavy atom. The number of hydrogen-bond donors (Lipinski definition) is 0. The molecule has 4 rings (SSSR count).